The smallest absolute Gasteiger partial charge is 0.0402 e. The molecule has 0 saturated carbocycles. The Kier molecular flexibility index (Phi) is 2300. The topological polar surface area (TPSA) is 209 Å². The van der Waals surface area contributed by atoms with Gasteiger partial charge in [0.15, 0.2) is 0 Å². The van der Waals surface area contributed by atoms with Gasteiger partial charge in [-0.2, -0.15) is 0 Å². The van der Waals surface area contributed by atoms with Crippen LogP contribution in [0, 0.1) is 49.4 Å². The predicted molar refractivity (Wildman–Crippen MR) is 41.7 cm³/mol. The minimum Gasteiger partial charge on any atom is -0.412 e. The van der Waals surface area contributed by atoms with Crippen LogP contribution in [0.15, 0.2) is 0 Å². The maximum Gasteiger partial charge on any atom is 0.0402 e. The van der Waals surface area contributed by atoms with Crippen molar-refractivity contribution in [1.29, 1.82) is 0 Å². The van der Waals surface area contributed by atoms with Gasteiger partial charge in [0.25, 0.3) is 0 Å². The predicted octanol–water partition coefficient (Wildman–Crippen LogP) is -4.53. The molecule has 0 unspecified atom stereocenters. The minimum atomic E-state index is 0. The Morgan fingerprint density at radius 1 is 0.818 bits per heavy atom. The molecule has 9 heteroatoms. The first-order valence-electron chi connectivity index (χ1n) is 1.02. The van der Waals surface area contributed by atoms with Gasteiger partial charge in [0.05, 0.1) is 0 Å². The van der Waals surface area contributed by atoms with Gasteiger partial charge in [-0.3, -0.25) is 0 Å². The third kappa shape index (κ3) is 420. The van der Waals surface area contributed by atoms with E-state index < -0.39 is 0 Å². The van der Waals surface area contributed by atoms with Crippen molar-refractivity contribution in [2.75, 3.05) is 6.61 Å². The Hall–Kier alpha value is 1.59. The van der Waals surface area contributed by atoms with E-state index in [4.69, 9.17) is 5.11 Å². The summed E-state index contributed by atoms with van der Waals surface area (Å²) in [6.07, 6.45) is 0. The summed E-state index contributed by atoms with van der Waals surface area (Å²) in [6.45, 7) is 1.93. The van der Waals surface area contributed by atoms with E-state index in [9.17, 15) is 0 Å². The third-order valence-electron chi connectivity index (χ3n) is 0. The number of aliphatic hydroxyl groups is 1. The number of rotatable bonds is 0. The Balaban J connectivity index is -0.000000000714. The SMILES string of the molecule is CCO.Cl.O.O.O.O.O.O.[Eu]. The third-order valence-corrected chi connectivity index (χ3v) is 0. The molecule has 1 radical (unpaired) electrons. The van der Waals surface area contributed by atoms with Crippen molar-refractivity contribution in [3.8, 4) is 0 Å². The van der Waals surface area contributed by atoms with Crippen LogP contribution in [-0.2, 0) is 0 Å². The summed E-state index contributed by atoms with van der Waals surface area (Å²) in [6, 6.07) is 0. The molecule has 0 bridgehead atoms. The molecular formula is C2H19ClEuO7. The Bertz CT molecular complexity index is 16.4. The molecule has 7 nitrogen and oxygen atoms in total. The van der Waals surface area contributed by atoms with E-state index in [0.717, 1.165) is 0 Å². The average Bonchev–Trinajstić information content (AvgIpc) is 0.918. The van der Waals surface area contributed by atoms with Crippen molar-refractivity contribution in [1.82, 2.24) is 0 Å². The molecule has 0 aliphatic carbocycles. The first kappa shape index (κ1) is 131. The second-order valence-electron chi connectivity index (χ2n) is 0.316. The molecule has 0 aromatic carbocycles. The monoisotopic (exact) mass is 343 g/mol. The first-order chi connectivity index (χ1) is 1.41. The molecule has 0 aromatic heterocycles. The molecule has 0 aliphatic rings. The Morgan fingerprint density at radius 3 is 0.818 bits per heavy atom. The zero-order valence-corrected chi connectivity index (χ0v) is 9.18. The molecule has 13 N–H and O–H groups in total. The van der Waals surface area contributed by atoms with Crippen molar-refractivity contribution in [2.24, 2.45) is 0 Å². The van der Waals surface area contributed by atoms with Crippen LogP contribution in [0.25, 0.3) is 0 Å². The molecule has 0 atom stereocenters. The molecule has 0 fully saturated rings. The van der Waals surface area contributed by atoms with Crippen molar-refractivity contribution in [3.05, 3.63) is 0 Å². The molecular weight excluding hydrogens is 323 g/mol. The Morgan fingerprint density at radius 2 is 0.818 bits per heavy atom. The van der Waals surface area contributed by atoms with Crippen molar-refractivity contribution >= 4 is 12.4 Å². The van der Waals surface area contributed by atoms with E-state index in [1.54, 1.807) is 6.92 Å². The van der Waals surface area contributed by atoms with E-state index in [2.05, 4.69) is 0 Å². The molecule has 0 amide bonds. The minimum absolute atomic E-state index is 0. The van der Waals surface area contributed by atoms with Gasteiger partial charge in [0.2, 0.25) is 0 Å². The molecule has 0 aromatic rings. The summed E-state index contributed by atoms with van der Waals surface area (Å²) in [5.41, 5.74) is 0. The van der Waals surface area contributed by atoms with Crippen LogP contribution in [0.1, 0.15) is 6.92 Å². The van der Waals surface area contributed by atoms with Gasteiger partial charge in [-0.15, -0.1) is 12.4 Å². The van der Waals surface area contributed by atoms with Gasteiger partial charge in [-0.25, -0.2) is 0 Å². The van der Waals surface area contributed by atoms with E-state index in [0.29, 0.717) is 0 Å². The second kappa shape index (κ2) is 193. The Labute approximate surface area is 112 Å². The maximum absolute atomic E-state index is 7.57. The molecule has 0 aliphatic heterocycles. The number of halogens is 1. The van der Waals surface area contributed by atoms with E-state index >= 15 is 0 Å². The summed E-state index contributed by atoms with van der Waals surface area (Å²) in [5.74, 6) is 0. The van der Waals surface area contributed by atoms with E-state index in [1.165, 1.54) is 0 Å². The van der Waals surface area contributed by atoms with Gasteiger partial charge in [0.1, 0.15) is 0 Å². The van der Waals surface area contributed by atoms with Gasteiger partial charge < -0.3 is 38.0 Å². The van der Waals surface area contributed by atoms with E-state index in [-0.39, 0.29) is 101 Å². The van der Waals surface area contributed by atoms with Crippen LogP contribution in [0.3, 0.4) is 0 Å². The van der Waals surface area contributed by atoms with Crippen LogP contribution < -0.4 is 0 Å². The number of aliphatic hydroxyl groups excluding tert-OH is 1. The zero-order valence-electron chi connectivity index (χ0n) is 5.94. The summed E-state index contributed by atoms with van der Waals surface area (Å²) in [5, 5.41) is 7.57. The fourth-order valence-electron chi connectivity index (χ4n) is 0. The van der Waals surface area contributed by atoms with Crippen LogP contribution in [0.5, 0.6) is 0 Å². The number of hydrogen-bond acceptors (Lipinski definition) is 1. The fraction of sp³-hybridized carbons (Fsp3) is 1.00. The molecule has 0 saturated heterocycles. The largest absolute Gasteiger partial charge is 0.412 e. The zero-order chi connectivity index (χ0) is 2.71. The van der Waals surface area contributed by atoms with Gasteiger partial charge in [-0.05, 0) is 6.92 Å². The van der Waals surface area contributed by atoms with Gasteiger partial charge in [0, 0.05) is 56.0 Å². The standard InChI is InChI=1S/C2H6O.ClH.Eu.6H2O/c1-2-3;;;;;;;;/h3H,2H2,1H3;1H;;6*1H2. The quantitative estimate of drug-likeness (QED) is 0.453. The fourth-order valence-corrected chi connectivity index (χ4v) is 0. The van der Waals surface area contributed by atoms with Gasteiger partial charge in [-0.1, -0.05) is 0 Å². The van der Waals surface area contributed by atoms with Gasteiger partial charge >= 0.3 is 0 Å². The normalized spacial score (nSPS) is 1.64. The summed E-state index contributed by atoms with van der Waals surface area (Å²) in [7, 11) is 0. The van der Waals surface area contributed by atoms with Crippen LogP contribution in [0.4, 0.5) is 0 Å². The van der Waals surface area contributed by atoms with Crippen LogP contribution in [-0.4, -0.2) is 44.6 Å². The number of hydrogen-bond donors (Lipinski definition) is 1. The summed E-state index contributed by atoms with van der Waals surface area (Å²) < 4.78 is 0. The molecule has 0 spiro atoms. The van der Waals surface area contributed by atoms with Crippen LogP contribution in [0.2, 0.25) is 0 Å². The maximum atomic E-state index is 7.57. The summed E-state index contributed by atoms with van der Waals surface area (Å²) >= 11 is 0. The van der Waals surface area contributed by atoms with Crippen molar-refractivity contribution < 1.29 is 87.3 Å². The summed E-state index contributed by atoms with van der Waals surface area (Å²) in [4.78, 5) is 0. The first-order valence-corrected chi connectivity index (χ1v) is 1.02. The average molecular weight is 343 g/mol. The van der Waals surface area contributed by atoms with Crippen LogP contribution >= 0.6 is 12.4 Å². The van der Waals surface area contributed by atoms with Crippen molar-refractivity contribution in [2.45, 2.75) is 6.92 Å². The molecule has 0 heterocycles. The second-order valence-corrected chi connectivity index (χ2v) is 0.316. The van der Waals surface area contributed by atoms with E-state index in [1.807, 2.05) is 0 Å². The molecule has 83 valence electrons. The van der Waals surface area contributed by atoms with Crippen molar-refractivity contribution in [3.63, 3.8) is 0 Å². The molecule has 0 rings (SSSR count). The molecule has 11 heavy (non-hydrogen) atoms.